The highest BCUT2D eigenvalue weighted by atomic mass is 35.5. The summed E-state index contributed by atoms with van der Waals surface area (Å²) in [4.78, 5) is 19.9. The average molecular weight is 383 g/mol. The number of amides is 1. The molecule has 1 atom stereocenters. The van der Waals surface area contributed by atoms with Crippen molar-refractivity contribution in [2.24, 2.45) is 10.7 Å². The molecule has 2 rings (SSSR count). The zero-order valence-electron chi connectivity index (χ0n) is 15.5. The SMILES string of the molecule is CC(C)(C)OC(=O)N1CCN(C(N)=NCC(O)c2ccc(Cl)cc2)CC1. The number of nitrogens with zero attached hydrogens (tertiary/aromatic N) is 3. The molecule has 1 fully saturated rings. The summed E-state index contributed by atoms with van der Waals surface area (Å²) in [7, 11) is 0. The number of rotatable bonds is 3. The summed E-state index contributed by atoms with van der Waals surface area (Å²) < 4.78 is 5.37. The molecule has 7 nitrogen and oxygen atoms in total. The summed E-state index contributed by atoms with van der Waals surface area (Å²) in [6, 6.07) is 6.97. The summed E-state index contributed by atoms with van der Waals surface area (Å²) in [6.07, 6.45) is -1.06. The van der Waals surface area contributed by atoms with Crippen LogP contribution in [0.1, 0.15) is 32.4 Å². The number of carbonyl (C=O) groups excluding carboxylic acids is 1. The van der Waals surface area contributed by atoms with Crippen molar-refractivity contribution in [2.45, 2.75) is 32.5 Å². The van der Waals surface area contributed by atoms with Crippen LogP contribution in [0.3, 0.4) is 0 Å². The van der Waals surface area contributed by atoms with Crippen LogP contribution in [0.2, 0.25) is 5.02 Å². The highest BCUT2D eigenvalue weighted by molar-refractivity contribution is 6.30. The van der Waals surface area contributed by atoms with Crippen molar-refractivity contribution in [1.29, 1.82) is 0 Å². The van der Waals surface area contributed by atoms with E-state index in [9.17, 15) is 9.90 Å². The Morgan fingerprint density at radius 1 is 1.23 bits per heavy atom. The van der Waals surface area contributed by atoms with Crippen molar-refractivity contribution in [3.8, 4) is 0 Å². The number of nitrogens with two attached hydrogens (primary N) is 1. The Morgan fingerprint density at radius 2 is 1.77 bits per heavy atom. The van der Waals surface area contributed by atoms with Crippen LogP contribution in [-0.2, 0) is 4.74 Å². The lowest BCUT2D eigenvalue weighted by Crippen LogP contribution is -2.53. The summed E-state index contributed by atoms with van der Waals surface area (Å²) in [5.41, 5.74) is 6.26. The zero-order valence-corrected chi connectivity index (χ0v) is 16.2. The van der Waals surface area contributed by atoms with Crippen LogP contribution in [0.25, 0.3) is 0 Å². The summed E-state index contributed by atoms with van der Waals surface area (Å²) in [6.45, 7) is 7.89. The molecule has 0 aromatic heterocycles. The number of piperazine rings is 1. The second-order valence-corrected chi connectivity index (χ2v) is 7.66. The number of carbonyl (C=O) groups is 1. The minimum absolute atomic E-state index is 0.166. The van der Waals surface area contributed by atoms with Crippen LogP contribution in [0.5, 0.6) is 0 Å². The zero-order chi connectivity index (χ0) is 19.3. The second kappa shape index (κ2) is 8.60. The summed E-state index contributed by atoms with van der Waals surface area (Å²) >= 11 is 5.84. The first-order chi connectivity index (χ1) is 12.2. The number of aliphatic hydroxyl groups excluding tert-OH is 1. The normalized spacial score (nSPS) is 17.2. The van der Waals surface area contributed by atoms with Gasteiger partial charge in [0.25, 0.3) is 0 Å². The number of hydrogen-bond acceptors (Lipinski definition) is 4. The number of halogens is 1. The second-order valence-electron chi connectivity index (χ2n) is 7.22. The quantitative estimate of drug-likeness (QED) is 0.618. The van der Waals surface area contributed by atoms with Gasteiger partial charge in [0, 0.05) is 31.2 Å². The first-order valence-electron chi connectivity index (χ1n) is 8.62. The molecule has 0 radical (unpaired) electrons. The van der Waals surface area contributed by atoms with Gasteiger partial charge in [-0.05, 0) is 38.5 Å². The number of hydrogen-bond donors (Lipinski definition) is 2. The highest BCUT2D eigenvalue weighted by Crippen LogP contribution is 2.17. The molecule has 1 aromatic carbocycles. The van der Waals surface area contributed by atoms with E-state index in [1.165, 1.54) is 0 Å². The Kier molecular flexibility index (Phi) is 6.72. The van der Waals surface area contributed by atoms with Crippen LogP contribution in [0.15, 0.2) is 29.3 Å². The Labute approximate surface area is 159 Å². The largest absolute Gasteiger partial charge is 0.444 e. The van der Waals surface area contributed by atoms with Crippen molar-refractivity contribution in [1.82, 2.24) is 9.80 Å². The van der Waals surface area contributed by atoms with E-state index in [4.69, 9.17) is 22.1 Å². The molecule has 1 amide bonds. The van der Waals surface area contributed by atoms with Gasteiger partial charge in [0.1, 0.15) is 5.60 Å². The summed E-state index contributed by atoms with van der Waals surface area (Å²) in [5.74, 6) is 0.363. The van der Waals surface area contributed by atoms with Crippen LogP contribution in [0, 0.1) is 0 Å². The predicted molar refractivity (Wildman–Crippen MR) is 102 cm³/mol. The van der Waals surface area contributed by atoms with E-state index in [1.807, 2.05) is 25.7 Å². The molecule has 8 heteroatoms. The van der Waals surface area contributed by atoms with Gasteiger partial charge < -0.3 is 25.4 Å². The van der Waals surface area contributed by atoms with Crippen LogP contribution in [-0.4, -0.2) is 65.3 Å². The molecule has 0 aliphatic carbocycles. The molecule has 3 N–H and O–H groups in total. The Balaban J connectivity index is 1.83. The lowest BCUT2D eigenvalue weighted by Gasteiger charge is -2.36. The fourth-order valence-corrected chi connectivity index (χ4v) is 2.64. The predicted octanol–water partition coefficient (Wildman–Crippen LogP) is 2.24. The van der Waals surface area contributed by atoms with Gasteiger partial charge in [-0.2, -0.15) is 0 Å². The third-order valence-electron chi connectivity index (χ3n) is 3.94. The van der Waals surface area contributed by atoms with Crippen LogP contribution < -0.4 is 5.73 Å². The van der Waals surface area contributed by atoms with Crippen molar-refractivity contribution < 1.29 is 14.6 Å². The van der Waals surface area contributed by atoms with E-state index < -0.39 is 11.7 Å². The maximum absolute atomic E-state index is 12.1. The lowest BCUT2D eigenvalue weighted by molar-refractivity contribution is 0.0186. The first-order valence-corrected chi connectivity index (χ1v) is 9.00. The van der Waals surface area contributed by atoms with Gasteiger partial charge in [0.2, 0.25) is 0 Å². The van der Waals surface area contributed by atoms with E-state index >= 15 is 0 Å². The molecule has 144 valence electrons. The van der Waals surface area contributed by atoms with Gasteiger partial charge >= 0.3 is 6.09 Å². The van der Waals surface area contributed by atoms with Crippen LogP contribution >= 0.6 is 11.6 Å². The Morgan fingerprint density at radius 3 is 2.31 bits per heavy atom. The smallest absolute Gasteiger partial charge is 0.410 e. The number of guanidine groups is 1. The van der Waals surface area contributed by atoms with E-state index in [2.05, 4.69) is 4.99 Å². The van der Waals surface area contributed by atoms with Gasteiger partial charge in [0.15, 0.2) is 5.96 Å². The summed E-state index contributed by atoms with van der Waals surface area (Å²) in [5, 5.41) is 10.8. The Hall–Kier alpha value is -1.99. The van der Waals surface area contributed by atoms with Crippen molar-refractivity contribution in [3.63, 3.8) is 0 Å². The third-order valence-corrected chi connectivity index (χ3v) is 4.19. The molecular weight excluding hydrogens is 356 g/mol. The molecular formula is C18H27ClN4O3. The van der Waals surface area contributed by atoms with E-state index in [0.717, 1.165) is 5.56 Å². The molecule has 1 aliphatic heterocycles. The molecule has 0 spiro atoms. The third kappa shape index (κ3) is 6.07. The molecule has 0 bridgehead atoms. The monoisotopic (exact) mass is 382 g/mol. The molecule has 1 aromatic rings. The van der Waals surface area contributed by atoms with Gasteiger partial charge in [-0.15, -0.1) is 0 Å². The number of benzene rings is 1. The topological polar surface area (TPSA) is 91.4 Å². The van der Waals surface area contributed by atoms with Gasteiger partial charge in [-0.3, -0.25) is 4.99 Å². The first kappa shape index (κ1) is 20.3. The lowest BCUT2D eigenvalue weighted by atomic mass is 10.1. The molecule has 26 heavy (non-hydrogen) atoms. The van der Waals surface area contributed by atoms with E-state index in [1.54, 1.807) is 29.2 Å². The van der Waals surface area contributed by atoms with E-state index in [0.29, 0.717) is 37.2 Å². The average Bonchev–Trinajstić information content (AvgIpc) is 2.58. The standard InChI is InChI=1S/C18H27ClN4O3/c1-18(2,3)26-17(25)23-10-8-22(9-11-23)16(20)21-12-15(24)13-4-6-14(19)7-5-13/h4-7,15,24H,8-12H2,1-3H3,(H2,20,21). The fourth-order valence-electron chi connectivity index (χ4n) is 2.51. The molecule has 1 saturated heterocycles. The Bertz CT molecular complexity index is 635. The number of aliphatic hydroxyl groups is 1. The minimum atomic E-state index is -0.742. The fraction of sp³-hybridized carbons (Fsp3) is 0.556. The molecule has 1 heterocycles. The molecule has 1 aliphatic rings. The highest BCUT2D eigenvalue weighted by Gasteiger charge is 2.26. The van der Waals surface area contributed by atoms with Gasteiger partial charge in [-0.25, -0.2) is 4.79 Å². The molecule has 0 saturated carbocycles. The van der Waals surface area contributed by atoms with Gasteiger partial charge in [0.05, 0.1) is 12.6 Å². The van der Waals surface area contributed by atoms with Crippen molar-refractivity contribution in [3.05, 3.63) is 34.9 Å². The maximum Gasteiger partial charge on any atom is 0.410 e. The van der Waals surface area contributed by atoms with Crippen molar-refractivity contribution in [2.75, 3.05) is 32.7 Å². The number of aliphatic imine (C=N–C) groups is 1. The van der Waals surface area contributed by atoms with Crippen LogP contribution in [0.4, 0.5) is 4.79 Å². The number of ether oxygens (including phenoxy) is 1. The van der Waals surface area contributed by atoms with Gasteiger partial charge in [-0.1, -0.05) is 23.7 Å². The van der Waals surface area contributed by atoms with E-state index in [-0.39, 0.29) is 12.6 Å². The van der Waals surface area contributed by atoms with Crippen molar-refractivity contribution >= 4 is 23.7 Å². The maximum atomic E-state index is 12.1. The molecule has 1 unspecified atom stereocenters. The minimum Gasteiger partial charge on any atom is -0.444 e.